The molecule has 4 nitrogen and oxygen atoms in total. The first-order chi connectivity index (χ1) is 9.72. The van der Waals surface area contributed by atoms with Crippen molar-refractivity contribution < 1.29 is 4.39 Å². The van der Waals surface area contributed by atoms with Crippen molar-refractivity contribution in [2.24, 2.45) is 0 Å². The maximum Gasteiger partial charge on any atom is 0.151 e. The number of nitrogens with zero attached hydrogens (tertiary/aromatic N) is 3. The molecule has 5 heteroatoms. The Labute approximate surface area is 117 Å². The molecule has 0 atom stereocenters. The molecule has 1 aromatic carbocycles. The molecular weight excluding hydrogens is 255 g/mol. The van der Waals surface area contributed by atoms with Crippen LogP contribution in [-0.2, 0) is 6.54 Å². The summed E-state index contributed by atoms with van der Waals surface area (Å²) in [4.78, 5) is 10.7. The second-order valence-corrected chi connectivity index (χ2v) is 5.06. The van der Waals surface area contributed by atoms with Gasteiger partial charge in [-0.3, -0.25) is 4.98 Å². The fourth-order valence-electron chi connectivity index (χ4n) is 1.97. The van der Waals surface area contributed by atoms with Gasteiger partial charge in [0, 0.05) is 31.5 Å². The van der Waals surface area contributed by atoms with E-state index in [9.17, 15) is 4.39 Å². The van der Waals surface area contributed by atoms with Gasteiger partial charge in [-0.05, 0) is 37.1 Å². The maximum absolute atomic E-state index is 12.9. The summed E-state index contributed by atoms with van der Waals surface area (Å²) in [5.74, 6) is 0.516. The van der Waals surface area contributed by atoms with Crippen molar-refractivity contribution >= 4 is 11.5 Å². The minimum Gasteiger partial charge on any atom is -0.328 e. The van der Waals surface area contributed by atoms with Crippen molar-refractivity contribution in [1.29, 1.82) is 0 Å². The van der Waals surface area contributed by atoms with Crippen LogP contribution in [0.15, 0.2) is 36.7 Å². The summed E-state index contributed by atoms with van der Waals surface area (Å²) in [6.45, 7) is 0.739. The quantitative estimate of drug-likeness (QED) is 0.908. The number of benzene rings is 1. The molecule has 1 saturated carbocycles. The molecule has 1 heterocycles. The van der Waals surface area contributed by atoms with Gasteiger partial charge in [0.25, 0.3) is 0 Å². The third-order valence-electron chi connectivity index (χ3n) is 3.38. The van der Waals surface area contributed by atoms with Crippen LogP contribution in [0, 0.1) is 5.82 Å². The van der Waals surface area contributed by atoms with E-state index in [1.165, 1.54) is 25.0 Å². The Balaban J connectivity index is 1.74. The minimum atomic E-state index is -0.240. The summed E-state index contributed by atoms with van der Waals surface area (Å²) in [6, 6.07) is 6.99. The fraction of sp³-hybridized carbons (Fsp3) is 0.333. The van der Waals surface area contributed by atoms with Crippen LogP contribution in [0.4, 0.5) is 15.9 Å². The summed E-state index contributed by atoms with van der Waals surface area (Å²) in [5, 5.41) is 3.42. The monoisotopic (exact) mass is 272 g/mol. The van der Waals surface area contributed by atoms with Gasteiger partial charge in [-0.1, -0.05) is 0 Å². The van der Waals surface area contributed by atoms with E-state index in [-0.39, 0.29) is 5.82 Å². The lowest BCUT2D eigenvalue weighted by atomic mass is 10.3. The smallest absolute Gasteiger partial charge is 0.151 e. The lowest BCUT2D eigenvalue weighted by Gasteiger charge is -2.18. The van der Waals surface area contributed by atoms with Crippen LogP contribution in [0.2, 0.25) is 0 Å². The molecule has 1 aromatic heterocycles. The molecule has 1 N–H and O–H groups in total. The normalized spacial score (nSPS) is 14.3. The van der Waals surface area contributed by atoms with Gasteiger partial charge in [-0.2, -0.15) is 0 Å². The van der Waals surface area contributed by atoms with E-state index in [0.717, 1.165) is 23.7 Å². The number of halogens is 1. The summed E-state index contributed by atoms with van der Waals surface area (Å²) >= 11 is 0. The molecule has 104 valence electrons. The third kappa shape index (κ3) is 3.11. The SMILES string of the molecule is CN(c1ccc(F)cc1)c1cncc(CNC2CC2)n1. The van der Waals surface area contributed by atoms with Gasteiger partial charge in [0.1, 0.15) is 5.82 Å². The molecule has 20 heavy (non-hydrogen) atoms. The summed E-state index contributed by atoms with van der Waals surface area (Å²) in [7, 11) is 1.90. The average Bonchev–Trinajstić information content (AvgIpc) is 3.30. The Morgan fingerprint density at radius 1 is 1.25 bits per heavy atom. The fourth-order valence-corrected chi connectivity index (χ4v) is 1.97. The zero-order valence-electron chi connectivity index (χ0n) is 11.4. The van der Waals surface area contributed by atoms with Crippen LogP contribution in [0.25, 0.3) is 0 Å². The molecule has 0 bridgehead atoms. The molecule has 1 fully saturated rings. The molecule has 0 radical (unpaired) electrons. The van der Waals surface area contributed by atoms with Crippen molar-refractivity contribution in [3.05, 3.63) is 48.2 Å². The Bertz CT molecular complexity index is 581. The highest BCUT2D eigenvalue weighted by Crippen LogP contribution is 2.22. The zero-order chi connectivity index (χ0) is 13.9. The number of hydrogen-bond donors (Lipinski definition) is 1. The summed E-state index contributed by atoms with van der Waals surface area (Å²) < 4.78 is 12.9. The van der Waals surface area contributed by atoms with Crippen LogP contribution >= 0.6 is 0 Å². The average molecular weight is 272 g/mol. The molecule has 0 amide bonds. The van der Waals surface area contributed by atoms with E-state index in [1.54, 1.807) is 24.5 Å². The maximum atomic E-state index is 12.9. The predicted octanol–water partition coefficient (Wildman–Crippen LogP) is 2.64. The largest absolute Gasteiger partial charge is 0.328 e. The van der Waals surface area contributed by atoms with Crippen molar-refractivity contribution in [2.75, 3.05) is 11.9 Å². The van der Waals surface area contributed by atoms with E-state index in [0.29, 0.717) is 6.04 Å². The summed E-state index contributed by atoms with van der Waals surface area (Å²) in [5.41, 5.74) is 1.80. The van der Waals surface area contributed by atoms with Crippen molar-refractivity contribution in [3.63, 3.8) is 0 Å². The van der Waals surface area contributed by atoms with Crippen LogP contribution in [0.3, 0.4) is 0 Å². The first kappa shape index (κ1) is 13.0. The molecule has 2 aromatic rings. The van der Waals surface area contributed by atoms with E-state index in [2.05, 4.69) is 15.3 Å². The van der Waals surface area contributed by atoms with E-state index in [4.69, 9.17) is 0 Å². The second kappa shape index (κ2) is 5.54. The van der Waals surface area contributed by atoms with E-state index >= 15 is 0 Å². The molecule has 0 aliphatic heterocycles. The topological polar surface area (TPSA) is 41.1 Å². The highest BCUT2D eigenvalue weighted by molar-refractivity contribution is 5.58. The highest BCUT2D eigenvalue weighted by atomic mass is 19.1. The number of rotatable bonds is 5. The number of nitrogens with one attached hydrogen (secondary N) is 1. The van der Waals surface area contributed by atoms with Crippen molar-refractivity contribution in [3.8, 4) is 0 Å². The Morgan fingerprint density at radius 3 is 2.70 bits per heavy atom. The predicted molar refractivity (Wildman–Crippen MR) is 76.4 cm³/mol. The Morgan fingerprint density at radius 2 is 2.00 bits per heavy atom. The molecule has 1 aliphatic rings. The van der Waals surface area contributed by atoms with Crippen molar-refractivity contribution in [1.82, 2.24) is 15.3 Å². The number of anilines is 2. The van der Waals surface area contributed by atoms with Gasteiger partial charge in [0.15, 0.2) is 5.82 Å². The van der Waals surface area contributed by atoms with E-state index < -0.39 is 0 Å². The zero-order valence-corrected chi connectivity index (χ0v) is 11.4. The van der Waals surface area contributed by atoms with Gasteiger partial charge < -0.3 is 10.2 Å². The minimum absolute atomic E-state index is 0.240. The highest BCUT2D eigenvalue weighted by Gasteiger charge is 2.20. The van der Waals surface area contributed by atoms with Crippen LogP contribution in [0.5, 0.6) is 0 Å². The van der Waals surface area contributed by atoms with Gasteiger partial charge >= 0.3 is 0 Å². The molecule has 0 unspecified atom stereocenters. The molecular formula is C15H17FN4. The lowest BCUT2D eigenvalue weighted by Crippen LogP contribution is -2.18. The van der Waals surface area contributed by atoms with Gasteiger partial charge in [-0.25, -0.2) is 9.37 Å². The van der Waals surface area contributed by atoms with Crippen LogP contribution in [0.1, 0.15) is 18.5 Å². The Kier molecular flexibility index (Phi) is 3.60. The number of hydrogen-bond acceptors (Lipinski definition) is 4. The molecule has 3 rings (SSSR count). The molecule has 0 spiro atoms. The van der Waals surface area contributed by atoms with Gasteiger partial charge in [-0.15, -0.1) is 0 Å². The first-order valence-electron chi connectivity index (χ1n) is 6.76. The standard InChI is InChI=1S/C15H17FN4/c1-20(14-6-2-11(16)3-7-14)15-10-17-8-13(19-15)9-18-12-4-5-12/h2-3,6-8,10,12,18H,4-5,9H2,1H3. The Hall–Kier alpha value is -2.01. The van der Waals surface area contributed by atoms with E-state index in [1.807, 2.05) is 11.9 Å². The third-order valence-corrected chi connectivity index (χ3v) is 3.38. The van der Waals surface area contributed by atoms with Crippen molar-refractivity contribution in [2.45, 2.75) is 25.4 Å². The van der Waals surface area contributed by atoms with Gasteiger partial charge in [0.2, 0.25) is 0 Å². The second-order valence-electron chi connectivity index (χ2n) is 5.06. The summed E-state index contributed by atoms with van der Waals surface area (Å²) in [6.07, 6.45) is 5.99. The van der Waals surface area contributed by atoms with Gasteiger partial charge in [0.05, 0.1) is 11.9 Å². The molecule has 0 saturated heterocycles. The first-order valence-corrected chi connectivity index (χ1v) is 6.76. The lowest BCUT2D eigenvalue weighted by molar-refractivity contribution is 0.628. The molecule has 1 aliphatic carbocycles. The number of aromatic nitrogens is 2. The van der Waals surface area contributed by atoms with Crippen LogP contribution in [-0.4, -0.2) is 23.1 Å². The van der Waals surface area contributed by atoms with Crippen LogP contribution < -0.4 is 10.2 Å².